The van der Waals surface area contributed by atoms with Crippen molar-refractivity contribution in [3.05, 3.63) is 54.5 Å². The highest BCUT2D eigenvalue weighted by molar-refractivity contribution is 7.52. The number of esters is 2. The number of hydrogen-bond donors (Lipinski definition) is 3. The zero-order chi connectivity index (χ0) is 30.4. The van der Waals surface area contributed by atoms with Crippen molar-refractivity contribution in [2.45, 2.75) is 82.7 Å². The number of fused-ring (bicyclic) bond motifs is 2. The molecule has 1 unspecified atom stereocenters. The van der Waals surface area contributed by atoms with E-state index in [1.807, 2.05) is 0 Å². The van der Waals surface area contributed by atoms with Crippen LogP contribution in [0.4, 0.5) is 5.82 Å². The molecule has 15 heteroatoms. The summed E-state index contributed by atoms with van der Waals surface area (Å²) in [5, 5.41) is 18.8. The third kappa shape index (κ3) is 5.13. The molecule has 0 radical (unpaired) electrons. The molecular formula is C27H34N5O9P. The summed E-state index contributed by atoms with van der Waals surface area (Å²) in [4.78, 5) is 29.1. The van der Waals surface area contributed by atoms with Gasteiger partial charge in [0.2, 0.25) is 0 Å². The van der Waals surface area contributed by atoms with Crippen LogP contribution in [-0.4, -0.2) is 67.2 Å². The van der Waals surface area contributed by atoms with Crippen molar-refractivity contribution < 1.29 is 42.5 Å². The molecule has 7 atom stereocenters. The van der Waals surface area contributed by atoms with Gasteiger partial charge in [-0.1, -0.05) is 25.1 Å². The molecule has 2 fully saturated rings. The van der Waals surface area contributed by atoms with Gasteiger partial charge in [-0.25, -0.2) is 14.1 Å². The number of para-hydroxylation sites is 1. The molecule has 3 heterocycles. The number of nitrogens with zero attached hydrogens (tertiary/aromatic N) is 3. The first-order valence-electron chi connectivity index (χ1n) is 13.5. The van der Waals surface area contributed by atoms with E-state index in [1.54, 1.807) is 70.2 Å². The fourth-order valence-electron chi connectivity index (χ4n) is 5.13. The standard InChI is InChI=1S/C27H34N5O9P/c1-6-20(33)38-22-21(18-12-13-19-23(28)29-14-30-32(18)19)39-26(5)25(27(22,26)35)41-42(36,40-17-10-8-7-9-11-17)31-16(4)24(34)37-15(2)3/h7-16,21-22,25,35H,6H2,1-5H3,(H,31,36)(H2,28,29,30)/t16-,21-,22-,25?,26+,27+,42+/m0/s1. The van der Waals surface area contributed by atoms with Gasteiger partial charge in [-0.05, 0) is 52.0 Å². The highest BCUT2D eigenvalue weighted by atomic mass is 31.2. The molecule has 0 amide bonds. The van der Waals surface area contributed by atoms with Crippen LogP contribution in [0.5, 0.6) is 5.75 Å². The molecule has 2 aromatic heterocycles. The van der Waals surface area contributed by atoms with Gasteiger partial charge in [0, 0.05) is 6.42 Å². The lowest BCUT2D eigenvalue weighted by atomic mass is 10.0. The second-order valence-electron chi connectivity index (χ2n) is 10.7. The summed E-state index contributed by atoms with van der Waals surface area (Å²) >= 11 is 0. The van der Waals surface area contributed by atoms with E-state index < -0.39 is 61.3 Å². The smallest absolute Gasteiger partial charge is 0.459 e. The van der Waals surface area contributed by atoms with Gasteiger partial charge in [-0.2, -0.15) is 10.2 Å². The Morgan fingerprint density at radius 1 is 1.21 bits per heavy atom. The van der Waals surface area contributed by atoms with E-state index in [1.165, 1.54) is 17.8 Å². The minimum atomic E-state index is -4.39. The van der Waals surface area contributed by atoms with Crippen LogP contribution in [-0.2, 0) is 32.9 Å². The number of benzene rings is 1. The molecule has 1 aromatic carbocycles. The van der Waals surface area contributed by atoms with Crippen molar-refractivity contribution in [2.75, 3.05) is 5.73 Å². The van der Waals surface area contributed by atoms with Gasteiger partial charge in [-0.15, -0.1) is 0 Å². The summed E-state index contributed by atoms with van der Waals surface area (Å²) < 4.78 is 44.6. The number of nitrogen functional groups attached to an aromatic ring is 1. The van der Waals surface area contributed by atoms with Crippen molar-refractivity contribution in [1.29, 1.82) is 0 Å². The normalized spacial score (nSPS) is 28.6. The van der Waals surface area contributed by atoms with E-state index in [2.05, 4.69) is 15.2 Å². The fourth-order valence-corrected chi connectivity index (χ4v) is 6.90. The van der Waals surface area contributed by atoms with Crippen LogP contribution in [0.3, 0.4) is 0 Å². The van der Waals surface area contributed by atoms with Gasteiger partial charge in [0.05, 0.1) is 11.8 Å². The Morgan fingerprint density at radius 2 is 1.93 bits per heavy atom. The Labute approximate surface area is 242 Å². The van der Waals surface area contributed by atoms with Crippen LogP contribution in [0.2, 0.25) is 0 Å². The second-order valence-corrected chi connectivity index (χ2v) is 12.3. The number of nitrogens with one attached hydrogen (secondary N) is 1. The number of aromatic nitrogens is 3. The van der Waals surface area contributed by atoms with Crippen molar-refractivity contribution in [3.63, 3.8) is 0 Å². The summed E-state index contributed by atoms with van der Waals surface area (Å²) in [5.74, 6) is -0.870. The quantitative estimate of drug-likeness (QED) is 0.215. The van der Waals surface area contributed by atoms with Gasteiger partial charge in [0.1, 0.15) is 41.4 Å². The molecular weight excluding hydrogens is 569 g/mol. The number of rotatable bonds is 11. The average Bonchev–Trinajstić information content (AvgIpc) is 3.22. The maximum Gasteiger partial charge on any atom is 0.459 e. The lowest BCUT2D eigenvalue weighted by Crippen LogP contribution is -2.41. The minimum absolute atomic E-state index is 0.0260. The molecule has 1 saturated carbocycles. The fraction of sp³-hybridized carbons (Fsp3) is 0.481. The van der Waals surface area contributed by atoms with Crippen LogP contribution in [0.25, 0.3) is 5.52 Å². The monoisotopic (exact) mass is 603 g/mol. The molecule has 1 aliphatic heterocycles. The molecule has 14 nitrogen and oxygen atoms in total. The molecule has 1 saturated heterocycles. The lowest BCUT2D eigenvalue weighted by molar-refractivity contribution is -0.164. The number of anilines is 1. The van der Waals surface area contributed by atoms with E-state index in [0.29, 0.717) is 11.2 Å². The topological polar surface area (TPSA) is 186 Å². The third-order valence-corrected chi connectivity index (χ3v) is 8.96. The Kier molecular flexibility index (Phi) is 7.79. The van der Waals surface area contributed by atoms with Crippen LogP contribution in [0.15, 0.2) is 48.8 Å². The lowest BCUT2D eigenvalue weighted by Gasteiger charge is -2.29. The SMILES string of the molecule is CCC(=O)O[C@H]1[C@H](c2ccc3c(N)ncnn23)O[C@]2(C)C(O[P@@](=O)(N[C@@H](C)C(=O)OC(C)C)Oc3ccccc3)[C@]12O. The van der Waals surface area contributed by atoms with Crippen LogP contribution in [0, 0.1) is 0 Å². The van der Waals surface area contributed by atoms with Gasteiger partial charge in [0.15, 0.2) is 17.5 Å². The number of ether oxygens (including phenoxy) is 3. The Hall–Kier alpha value is -3.55. The number of carbonyl (C=O) groups excluding carboxylic acids is 2. The molecule has 42 heavy (non-hydrogen) atoms. The summed E-state index contributed by atoms with van der Waals surface area (Å²) in [6.45, 7) is 7.98. The Balaban J connectivity index is 1.47. The number of carbonyl (C=O) groups is 2. The molecule has 0 spiro atoms. The van der Waals surface area contributed by atoms with E-state index in [4.69, 9.17) is 29.0 Å². The highest BCUT2D eigenvalue weighted by Crippen LogP contribution is 2.69. The molecule has 3 aromatic rings. The summed E-state index contributed by atoms with van der Waals surface area (Å²) in [6.07, 6.45) is -2.69. The van der Waals surface area contributed by atoms with Gasteiger partial charge < -0.3 is 29.6 Å². The second kappa shape index (κ2) is 10.9. The number of aliphatic hydroxyl groups is 1. The molecule has 1 aliphatic carbocycles. The number of nitrogens with two attached hydrogens (primary N) is 1. The van der Waals surface area contributed by atoms with Crippen molar-refractivity contribution in [2.24, 2.45) is 0 Å². The van der Waals surface area contributed by atoms with Crippen LogP contribution in [0.1, 0.15) is 52.8 Å². The van der Waals surface area contributed by atoms with Crippen molar-refractivity contribution >= 4 is 31.0 Å². The molecule has 0 bridgehead atoms. The summed E-state index contributed by atoms with van der Waals surface area (Å²) in [7, 11) is -4.39. The van der Waals surface area contributed by atoms with Crippen molar-refractivity contribution in [1.82, 2.24) is 19.7 Å². The largest absolute Gasteiger partial charge is 0.462 e. The maximum absolute atomic E-state index is 14.2. The zero-order valence-corrected chi connectivity index (χ0v) is 24.7. The number of hydrogen-bond acceptors (Lipinski definition) is 12. The third-order valence-electron chi connectivity index (χ3n) is 7.31. The first-order valence-corrected chi connectivity index (χ1v) is 15.1. The van der Waals surface area contributed by atoms with E-state index >= 15 is 0 Å². The average molecular weight is 604 g/mol. The van der Waals surface area contributed by atoms with Gasteiger partial charge >= 0.3 is 19.7 Å². The zero-order valence-electron chi connectivity index (χ0n) is 23.8. The van der Waals surface area contributed by atoms with Crippen LogP contribution < -0.4 is 15.3 Å². The van der Waals surface area contributed by atoms with E-state index in [-0.39, 0.29) is 18.0 Å². The first kappa shape index (κ1) is 29.9. The van der Waals surface area contributed by atoms with E-state index in [0.717, 1.165) is 0 Å². The Morgan fingerprint density at radius 3 is 2.60 bits per heavy atom. The van der Waals surface area contributed by atoms with Gasteiger partial charge in [-0.3, -0.25) is 14.1 Å². The van der Waals surface area contributed by atoms with Gasteiger partial charge in [0.25, 0.3) is 0 Å². The first-order chi connectivity index (χ1) is 19.8. The Bertz CT molecular complexity index is 1530. The van der Waals surface area contributed by atoms with E-state index in [9.17, 15) is 19.3 Å². The summed E-state index contributed by atoms with van der Waals surface area (Å²) in [6, 6.07) is 10.5. The van der Waals surface area contributed by atoms with Crippen molar-refractivity contribution in [3.8, 4) is 5.75 Å². The molecule has 5 rings (SSSR count). The maximum atomic E-state index is 14.2. The minimum Gasteiger partial charge on any atom is -0.462 e. The predicted molar refractivity (Wildman–Crippen MR) is 148 cm³/mol. The molecule has 226 valence electrons. The highest BCUT2D eigenvalue weighted by Gasteiger charge is 2.88. The van der Waals surface area contributed by atoms with Crippen LogP contribution >= 0.6 is 7.75 Å². The molecule has 4 N–H and O–H groups in total. The predicted octanol–water partition coefficient (Wildman–Crippen LogP) is 2.71. The molecule has 2 aliphatic rings. The summed E-state index contributed by atoms with van der Waals surface area (Å²) in [5.41, 5.74) is 3.47.